The van der Waals surface area contributed by atoms with Gasteiger partial charge in [-0.05, 0) is 42.5 Å². The van der Waals surface area contributed by atoms with Crippen molar-refractivity contribution in [1.29, 1.82) is 0 Å². The molecule has 0 amide bonds. The average Bonchev–Trinajstić information content (AvgIpc) is 2.94. The highest BCUT2D eigenvalue weighted by Gasteiger charge is 2.27. The van der Waals surface area contributed by atoms with E-state index in [0.29, 0.717) is 12.1 Å². The van der Waals surface area contributed by atoms with Gasteiger partial charge in [0.25, 0.3) is 0 Å². The largest absolute Gasteiger partial charge is 0.370 e. The van der Waals surface area contributed by atoms with Crippen LogP contribution in [0.3, 0.4) is 0 Å². The Hall–Kier alpha value is -1.80. The zero-order chi connectivity index (χ0) is 13.9. The smallest absolute Gasteiger partial charge is 0.0437 e. The lowest BCUT2D eigenvalue weighted by Gasteiger charge is -2.30. The number of likely N-dealkylation sites (N-methyl/N-ethyl adjacent to an activating group) is 1. The maximum Gasteiger partial charge on any atom is 0.0437 e. The first kappa shape index (κ1) is 13.2. The van der Waals surface area contributed by atoms with Crippen molar-refractivity contribution in [2.75, 3.05) is 11.9 Å². The SMILES string of the molecule is CN(c1ccc(-c2ccccc2)cc1)C1CCCC1N. The van der Waals surface area contributed by atoms with Gasteiger partial charge in [-0.2, -0.15) is 0 Å². The molecule has 0 bridgehead atoms. The Morgan fingerprint density at radius 1 is 0.900 bits per heavy atom. The van der Waals surface area contributed by atoms with E-state index in [4.69, 9.17) is 5.73 Å². The lowest BCUT2D eigenvalue weighted by Crippen LogP contribution is -2.42. The number of anilines is 1. The molecule has 1 aliphatic rings. The molecule has 1 aliphatic carbocycles. The molecule has 2 nitrogen and oxygen atoms in total. The van der Waals surface area contributed by atoms with E-state index in [9.17, 15) is 0 Å². The van der Waals surface area contributed by atoms with Crippen LogP contribution in [0.25, 0.3) is 11.1 Å². The van der Waals surface area contributed by atoms with E-state index in [0.717, 1.165) is 6.42 Å². The molecule has 1 fully saturated rings. The van der Waals surface area contributed by atoms with Crippen molar-refractivity contribution in [3.8, 4) is 11.1 Å². The van der Waals surface area contributed by atoms with Crippen LogP contribution < -0.4 is 10.6 Å². The van der Waals surface area contributed by atoms with E-state index in [2.05, 4.69) is 60.5 Å². The van der Waals surface area contributed by atoms with Gasteiger partial charge >= 0.3 is 0 Å². The third kappa shape index (κ3) is 2.56. The van der Waals surface area contributed by atoms with Gasteiger partial charge in [-0.1, -0.05) is 42.5 Å². The Labute approximate surface area is 121 Å². The standard InChI is InChI=1S/C18H22N2/c1-20(18-9-5-8-17(18)19)16-12-10-15(11-13-16)14-6-3-2-4-7-14/h2-4,6-7,10-13,17-18H,5,8-9,19H2,1H3. The number of nitrogens with zero attached hydrogens (tertiary/aromatic N) is 1. The van der Waals surface area contributed by atoms with E-state index in [1.165, 1.54) is 29.7 Å². The van der Waals surface area contributed by atoms with Crippen molar-refractivity contribution >= 4 is 5.69 Å². The Morgan fingerprint density at radius 3 is 2.15 bits per heavy atom. The third-order valence-corrected chi connectivity index (χ3v) is 4.41. The van der Waals surface area contributed by atoms with Crippen LogP contribution in [-0.4, -0.2) is 19.1 Å². The molecule has 3 rings (SSSR count). The van der Waals surface area contributed by atoms with Gasteiger partial charge in [0.05, 0.1) is 0 Å². The minimum absolute atomic E-state index is 0.314. The second-order valence-electron chi connectivity index (χ2n) is 5.69. The molecular formula is C18H22N2. The predicted octanol–water partition coefficient (Wildman–Crippen LogP) is 3.67. The molecule has 0 aromatic heterocycles. The Balaban J connectivity index is 1.79. The van der Waals surface area contributed by atoms with Crippen LogP contribution in [0.15, 0.2) is 54.6 Å². The summed E-state index contributed by atoms with van der Waals surface area (Å²) in [5.74, 6) is 0. The second kappa shape index (κ2) is 5.68. The van der Waals surface area contributed by atoms with Crippen molar-refractivity contribution < 1.29 is 0 Å². The van der Waals surface area contributed by atoms with Gasteiger partial charge in [0.1, 0.15) is 0 Å². The first-order chi connectivity index (χ1) is 9.75. The molecule has 1 saturated carbocycles. The fourth-order valence-electron chi connectivity index (χ4n) is 3.16. The molecule has 2 aromatic rings. The highest BCUT2D eigenvalue weighted by atomic mass is 15.2. The lowest BCUT2D eigenvalue weighted by atomic mass is 10.0. The molecule has 0 aliphatic heterocycles. The Kier molecular flexibility index (Phi) is 3.75. The molecule has 2 heteroatoms. The fourth-order valence-corrected chi connectivity index (χ4v) is 3.16. The summed E-state index contributed by atoms with van der Waals surface area (Å²) in [6.45, 7) is 0. The molecule has 0 saturated heterocycles. The van der Waals surface area contributed by atoms with Crippen LogP contribution in [0.2, 0.25) is 0 Å². The van der Waals surface area contributed by atoms with Gasteiger partial charge in [0.15, 0.2) is 0 Å². The van der Waals surface area contributed by atoms with Crippen LogP contribution in [-0.2, 0) is 0 Å². The fraction of sp³-hybridized carbons (Fsp3) is 0.333. The van der Waals surface area contributed by atoms with Crippen LogP contribution in [0.1, 0.15) is 19.3 Å². The summed E-state index contributed by atoms with van der Waals surface area (Å²) < 4.78 is 0. The lowest BCUT2D eigenvalue weighted by molar-refractivity contribution is 0.573. The highest BCUT2D eigenvalue weighted by molar-refractivity contribution is 5.66. The van der Waals surface area contributed by atoms with Crippen molar-refractivity contribution in [3.05, 3.63) is 54.6 Å². The molecule has 2 unspecified atom stereocenters. The van der Waals surface area contributed by atoms with Crippen LogP contribution in [0, 0.1) is 0 Å². The molecule has 0 radical (unpaired) electrons. The van der Waals surface area contributed by atoms with Crippen molar-refractivity contribution in [1.82, 2.24) is 0 Å². The molecule has 104 valence electrons. The first-order valence-electron chi connectivity index (χ1n) is 7.39. The predicted molar refractivity (Wildman–Crippen MR) is 85.9 cm³/mol. The van der Waals surface area contributed by atoms with E-state index >= 15 is 0 Å². The van der Waals surface area contributed by atoms with Gasteiger partial charge in [-0.3, -0.25) is 0 Å². The van der Waals surface area contributed by atoms with Crippen molar-refractivity contribution in [3.63, 3.8) is 0 Å². The molecule has 2 atom stereocenters. The molecule has 0 spiro atoms. The Morgan fingerprint density at radius 2 is 1.55 bits per heavy atom. The topological polar surface area (TPSA) is 29.3 Å². The first-order valence-corrected chi connectivity index (χ1v) is 7.39. The summed E-state index contributed by atoms with van der Waals surface area (Å²) in [5, 5.41) is 0. The monoisotopic (exact) mass is 266 g/mol. The summed E-state index contributed by atoms with van der Waals surface area (Å²) >= 11 is 0. The zero-order valence-corrected chi connectivity index (χ0v) is 12.0. The molecule has 2 aromatic carbocycles. The van der Waals surface area contributed by atoms with E-state index < -0.39 is 0 Å². The molecule has 20 heavy (non-hydrogen) atoms. The van der Waals surface area contributed by atoms with Gasteiger partial charge in [-0.15, -0.1) is 0 Å². The second-order valence-corrected chi connectivity index (χ2v) is 5.69. The number of nitrogens with two attached hydrogens (primary N) is 1. The van der Waals surface area contributed by atoms with Gasteiger partial charge in [0.2, 0.25) is 0 Å². The van der Waals surface area contributed by atoms with Crippen LogP contribution >= 0.6 is 0 Å². The number of rotatable bonds is 3. The summed E-state index contributed by atoms with van der Waals surface area (Å²) in [6, 6.07) is 20.1. The normalized spacial score (nSPS) is 21.9. The van der Waals surface area contributed by atoms with E-state index in [1.807, 2.05) is 6.07 Å². The third-order valence-electron chi connectivity index (χ3n) is 4.41. The zero-order valence-electron chi connectivity index (χ0n) is 12.0. The minimum Gasteiger partial charge on any atom is -0.370 e. The quantitative estimate of drug-likeness (QED) is 0.918. The number of hydrogen-bond donors (Lipinski definition) is 1. The molecule has 2 N–H and O–H groups in total. The Bertz CT molecular complexity index is 547. The molecule has 0 heterocycles. The van der Waals surface area contributed by atoms with Gasteiger partial charge < -0.3 is 10.6 Å². The summed E-state index contributed by atoms with van der Waals surface area (Å²) in [7, 11) is 2.16. The van der Waals surface area contributed by atoms with E-state index in [-0.39, 0.29) is 0 Å². The number of benzene rings is 2. The maximum absolute atomic E-state index is 6.20. The number of hydrogen-bond acceptors (Lipinski definition) is 2. The van der Waals surface area contributed by atoms with E-state index in [1.54, 1.807) is 0 Å². The van der Waals surface area contributed by atoms with Crippen molar-refractivity contribution in [2.45, 2.75) is 31.3 Å². The highest BCUT2D eigenvalue weighted by Crippen LogP contribution is 2.28. The summed E-state index contributed by atoms with van der Waals surface area (Å²) in [5.41, 5.74) is 9.98. The summed E-state index contributed by atoms with van der Waals surface area (Å²) in [4.78, 5) is 2.34. The maximum atomic E-state index is 6.20. The summed E-state index contributed by atoms with van der Waals surface area (Å²) in [6.07, 6.45) is 3.60. The van der Waals surface area contributed by atoms with Crippen molar-refractivity contribution in [2.24, 2.45) is 5.73 Å². The van der Waals surface area contributed by atoms with Gasteiger partial charge in [0, 0.05) is 24.8 Å². The minimum atomic E-state index is 0.314. The average molecular weight is 266 g/mol. The van der Waals surface area contributed by atoms with Gasteiger partial charge in [-0.25, -0.2) is 0 Å². The van der Waals surface area contributed by atoms with Crippen LogP contribution in [0.5, 0.6) is 0 Å². The molecular weight excluding hydrogens is 244 g/mol. The van der Waals surface area contributed by atoms with Crippen LogP contribution in [0.4, 0.5) is 5.69 Å².